The molecule has 0 bridgehead atoms. The number of piperazine rings is 1. The molecule has 0 radical (unpaired) electrons. The fraction of sp³-hybridized carbons (Fsp3) is 0.387. The highest BCUT2D eigenvalue weighted by Gasteiger charge is 2.30. The third kappa shape index (κ3) is 7.02. The minimum Gasteiger partial charge on any atom is -0.478 e. The molecular formula is C31H37Cl2N3O2. The van der Waals surface area contributed by atoms with Gasteiger partial charge in [-0.05, 0) is 66.8 Å². The molecule has 1 N–H and O–H groups in total. The average Bonchev–Trinajstić information content (AvgIpc) is 2.86. The van der Waals surface area contributed by atoms with Crippen molar-refractivity contribution in [1.82, 2.24) is 4.90 Å². The minimum atomic E-state index is -1.06. The van der Waals surface area contributed by atoms with Gasteiger partial charge in [0.25, 0.3) is 5.91 Å². The standard InChI is InChI=1S/C31H37Cl2N3O2/c1-30(2,3)23-10-13-25(14-11-23)38-31(4,5)29(37)34-24-12-15-28(27(33)20-24)36-18-16-35(17-19-36)21-22-8-6-7-9-26(22)32/h6-15,20H,16-19,21H2,1-5H3,(H,34,37). The van der Waals surface area contributed by atoms with Crippen LogP contribution < -0.4 is 15.0 Å². The first-order valence-corrected chi connectivity index (χ1v) is 13.8. The molecule has 1 saturated heterocycles. The number of hydrogen-bond acceptors (Lipinski definition) is 4. The lowest BCUT2D eigenvalue weighted by Gasteiger charge is -2.36. The lowest BCUT2D eigenvalue weighted by molar-refractivity contribution is -0.128. The van der Waals surface area contributed by atoms with E-state index in [2.05, 4.69) is 42.0 Å². The number of ether oxygens (including phenoxy) is 1. The number of carbonyl (C=O) groups is 1. The van der Waals surface area contributed by atoms with Gasteiger partial charge in [0.05, 0.1) is 10.7 Å². The average molecular weight is 555 g/mol. The van der Waals surface area contributed by atoms with Crippen molar-refractivity contribution in [1.29, 1.82) is 0 Å². The number of hydrogen-bond donors (Lipinski definition) is 1. The molecule has 7 heteroatoms. The van der Waals surface area contributed by atoms with Gasteiger partial charge in [0.2, 0.25) is 0 Å². The molecule has 1 fully saturated rings. The second-order valence-electron chi connectivity index (χ2n) is 11.4. The molecule has 1 aliphatic rings. The fourth-order valence-electron chi connectivity index (χ4n) is 4.50. The first kappa shape index (κ1) is 28.3. The van der Waals surface area contributed by atoms with Crippen molar-refractivity contribution in [2.45, 2.75) is 52.2 Å². The highest BCUT2D eigenvalue weighted by molar-refractivity contribution is 6.33. The number of benzene rings is 3. The Hall–Kier alpha value is -2.73. The number of anilines is 2. The molecule has 0 aliphatic carbocycles. The topological polar surface area (TPSA) is 44.8 Å². The first-order valence-electron chi connectivity index (χ1n) is 13.0. The number of halogens is 2. The van der Waals surface area contributed by atoms with E-state index in [0.29, 0.717) is 16.5 Å². The normalized spacial score (nSPS) is 14.9. The molecule has 0 spiro atoms. The van der Waals surface area contributed by atoms with Crippen molar-refractivity contribution in [3.8, 4) is 5.75 Å². The number of nitrogens with one attached hydrogen (secondary N) is 1. The highest BCUT2D eigenvalue weighted by Crippen LogP contribution is 2.31. The van der Waals surface area contributed by atoms with Crippen molar-refractivity contribution >= 4 is 40.5 Å². The van der Waals surface area contributed by atoms with E-state index in [9.17, 15) is 4.79 Å². The SMILES string of the molecule is CC(C)(Oc1ccc(C(C)(C)C)cc1)C(=O)Nc1ccc(N2CCN(Cc3ccccc3Cl)CC2)c(Cl)c1. The Bertz CT molecular complexity index is 1260. The second-order valence-corrected chi connectivity index (χ2v) is 12.2. The summed E-state index contributed by atoms with van der Waals surface area (Å²) in [7, 11) is 0. The van der Waals surface area contributed by atoms with Gasteiger partial charge in [0.1, 0.15) is 5.75 Å². The fourth-order valence-corrected chi connectivity index (χ4v) is 5.00. The van der Waals surface area contributed by atoms with Crippen molar-refractivity contribution in [3.05, 3.63) is 87.9 Å². The Balaban J connectivity index is 1.33. The van der Waals surface area contributed by atoms with Gasteiger partial charge in [0, 0.05) is 43.4 Å². The molecule has 202 valence electrons. The van der Waals surface area contributed by atoms with Crippen LogP contribution in [0.5, 0.6) is 5.75 Å². The molecule has 0 unspecified atom stereocenters. The van der Waals surface area contributed by atoms with E-state index in [1.54, 1.807) is 19.9 Å². The zero-order valence-electron chi connectivity index (χ0n) is 22.9. The Morgan fingerprint density at radius 1 is 0.868 bits per heavy atom. The molecule has 1 amide bonds. The van der Waals surface area contributed by atoms with Crippen LogP contribution in [0.25, 0.3) is 0 Å². The third-order valence-corrected chi connectivity index (χ3v) is 7.58. The molecule has 0 atom stereocenters. The van der Waals surface area contributed by atoms with E-state index in [1.165, 1.54) is 5.56 Å². The maximum Gasteiger partial charge on any atom is 0.267 e. The van der Waals surface area contributed by atoms with E-state index in [-0.39, 0.29) is 11.3 Å². The van der Waals surface area contributed by atoms with E-state index >= 15 is 0 Å². The van der Waals surface area contributed by atoms with Crippen molar-refractivity contribution in [2.24, 2.45) is 0 Å². The van der Waals surface area contributed by atoms with Crippen LogP contribution in [0.2, 0.25) is 10.0 Å². The summed E-state index contributed by atoms with van der Waals surface area (Å²) in [6, 6.07) is 21.6. The third-order valence-electron chi connectivity index (χ3n) is 6.91. The van der Waals surface area contributed by atoms with Crippen LogP contribution in [-0.4, -0.2) is 42.6 Å². The van der Waals surface area contributed by atoms with Gasteiger partial charge in [-0.1, -0.05) is 74.3 Å². The number of amides is 1. The second kappa shape index (κ2) is 11.6. The highest BCUT2D eigenvalue weighted by atomic mass is 35.5. The molecular weight excluding hydrogens is 517 g/mol. The smallest absolute Gasteiger partial charge is 0.267 e. The molecule has 3 aromatic rings. The minimum absolute atomic E-state index is 0.0564. The monoisotopic (exact) mass is 553 g/mol. The maximum absolute atomic E-state index is 13.1. The van der Waals surface area contributed by atoms with Gasteiger partial charge < -0.3 is 15.0 Å². The lowest BCUT2D eigenvalue weighted by Crippen LogP contribution is -2.46. The van der Waals surface area contributed by atoms with Gasteiger partial charge in [0.15, 0.2) is 5.60 Å². The van der Waals surface area contributed by atoms with Crippen LogP contribution in [-0.2, 0) is 16.8 Å². The zero-order valence-corrected chi connectivity index (χ0v) is 24.4. The van der Waals surface area contributed by atoms with Crippen molar-refractivity contribution in [3.63, 3.8) is 0 Å². The van der Waals surface area contributed by atoms with E-state index < -0.39 is 5.60 Å². The lowest BCUT2D eigenvalue weighted by atomic mass is 9.87. The van der Waals surface area contributed by atoms with Gasteiger partial charge in [-0.3, -0.25) is 9.69 Å². The van der Waals surface area contributed by atoms with Crippen LogP contribution >= 0.6 is 23.2 Å². The molecule has 1 aliphatic heterocycles. The first-order chi connectivity index (χ1) is 17.9. The molecule has 5 nitrogen and oxygen atoms in total. The van der Waals surface area contributed by atoms with Crippen molar-refractivity contribution in [2.75, 3.05) is 36.4 Å². The van der Waals surface area contributed by atoms with Crippen LogP contribution in [0.3, 0.4) is 0 Å². The van der Waals surface area contributed by atoms with Crippen molar-refractivity contribution < 1.29 is 9.53 Å². The molecule has 38 heavy (non-hydrogen) atoms. The van der Waals surface area contributed by atoms with E-state index in [4.69, 9.17) is 27.9 Å². The van der Waals surface area contributed by atoms with E-state index in [0.717, 1.165) is 49.0 Å². The molecule has 0 saturated carbocycles. The largest absolute Gasteiger partial charge is 0.478 e. The Morgan fingerprint density at radius 2 is 1.53 bits per heavy atom. The molecule has 1 heterocycles. The molecule has 4 rings (SSSR count). The summed E-state index contributed by atoms with van der Waals surface area (Å²) < 4.78 is 6.05. The summed E-state index contributed by atoms with van der Waals surface area (Å²) in [4.78, 5) is 17.8. The molecule has 3 aromatic carbocycles. The summed E-state index contributed by atoms with van der Waals surface area (Å²) in [5, 5.41) is 4.38. The number of carbonyl (C=O) groups excluding carboxylic acids is 1. The van der Waals surface area contributed by atoms with Crippen LogP contribution in [0.15, 0.2) is 66.7 Å². The van der Waals surface area contributed by atoms with Crippen LogP contribution in [0.4, 0.5) is 11.4 Å². The number of nitrogens with zero attached hydrogens (tertiary/aromatic N) is 2. The van der Waals surface area contributed by atoms with Gasteiger partial charge in [-0.15, -0.1) is 0 Å². The van der Waals surface area contributed by atoms with Gasteiger partial charge in [-0.25, -0.2) is 0 Å². The van der Waals surface area contributed by atoms with Crippen LogP contribution in [0, 0.1) is 0 Å². The Kier molecular flexibility index (Phi) is 8.61. The van der Waals surface area contributed by atoms with Gasteiger partial charge >= 0.3 is 0 Å². The summed E-state index contributed by atoms with van der Waals surface area (Å²) >= 11 is 13.0. The van der Waals surface area contributed by atoms with Gasteiger partial charge in [-0.2, -0.15) is 0 Å². The summed E-state index contributed by atoms with van der Waals surface area (Å²) in [5.74, 6) is 0.412. The quantitative estimate of drug-likeness (QED) is 0.330. The van der Waals surface area contributed by atoms with Crippen LogP contribution in [0.1, 0.15) is 45.7 Å². The molecule has 0 aromatic heterocycles. The zero-order chi connectivity index (χ0) is 27.5. The predicted molar refractivity (Wildman–Crippen MR) is 159 cm³/mol. The summed E-state index contributed by atoms with van der Waals surface area (Å²) in [6.07, 6.45) is 0. The summed E-state index contributed by atoms with van der Waals surface area (Å²) in [6.45, 7) is 14.4. The maximum atomic E-state index is 13.1. The van der Waals surface area contributed by atoms with E-state index in [1.807, 2.05) is 54.6 Å². The predicted octanol–water partition coefficient (Wildman–Crippen LogP) is 7.41. The Labute approximate surface area is 236 Å². The summed E-state index contributed by atoms with van der Waals surface area (Å²) in [5.41, 5.74) is 2.96. The number of rotatable bonds is 7. The Morgan fingerprint density at radius 3 is 2.13 bits per heavy atom.